The summed E-state index contributed by atoms with van der Waals surface area (Å²) in [5.74, 6) is 0.467. The summed E-state index contributed by atoms with van der Waals surface area (Å²) in [5.41, 5.74) is 9.34. The lowest BCUT2D eigenvalue weighted by atomic mass is 10.00. The molecular formula is C19H20N2O3. The standard InChI is InChI=1S/C19H20N2O3/c1-10-7-14(12(3)20)19-15(8-10)17(23)11(2)18(24-19)13-5-6-16(22)21(4)9-13/h5-9,12H,20H2,1-4H3. The first-order valence-electron chi connectivity index (χ1n) is 7.80. The van der Waals surface area contributed by atoms with Gasteiger partial charge in [0.1, 0.15) is 11.3 Å². The smallest absolute Gasteiger partial charge is 0.250 e. The summed E-state index contributed by atoms with van der Waals surface area (Å²) < 4.78 is 7.57. The van der Waals surface area contributed by atoms with Gasteiger partial charge in [-0.1, -0.05) is 6.07 Å². The largest absolute Gasteiger partial charge is 0.455 e. The molecule has 1 unspecified atom stereocenters. The first kappa shape index (κ1) is 16.2. The molecule has 3 rings (SSSR count). The molecule has 2 N–H and O–H groups in total. The second-order valence-corrected chi connectivity index (χ2v) is 6.27. The molecule has 1 aromatic carbocycles. The second-order valence-electron chi connectivity index (χ2n) is 6.27. The Labute approximate surface area is 139 Å². The zero-order chi connectivity index (χ0) is 17.6. The summed E-state index contributed by atoms with van der Waals surface area (Å²) in [6.45, 7) is 5.53. The summed E-state index contributed by atoms with van der Waals surface area (Å²) in [6.07, 6.45) is 1.67. The maximum absolute atomic E-state index is 12.8. The van der Waals surface area contributed by atoms with Crippen LogP contribution in [0.15, 0.2) is 44.5 Å². The molecule has 124 valence electrons. The number of fused-ring (bicyclic) bond motifs is 1. The van der Waals surface area contributed by atoms with Crippen molar-refractivity contribution in [3.63, 3.8) is 0 Å². The fraction of sp³-hybridized carbons (Fsp3) is 0.263. The van der Waals surface area contributed by atoms with Crippen LogP contribution in [-0.4, -0.2) is 4.57 Å². The van der Waals surface area contributed by atoms with Gasteiger partial charge in [-0.25, -0.2) is 0 Å². The first-order valence-corrected chi connectivity index (χ1v) is 7.80. The SMILES string of the molecule is Cc1cc(C(C)N)c2oc(-c3ccc(=O)n(C)c3)c(C)c(=O)c2c1. The van der Waals surface area contributed by atoms with Gasteiger partial charge >= 0.3 is 0 Å². The van der Waals surface area contributed by atoms with Crippen LogP contribution in [0, 0.1) is 13.8 Å². The second kappa shape index (κ2) is 5.76. The minimum absolute atomic E-state index is 0.0781. The lowest BCUT2D eigenvalue weighted by Crippen LogP contribution is -2.15. The van der Waals surface area contributed by atoms with E-state index in [1.165, 1.54) is 10.6 Å². The van der Waals surface area contributed by atoms with Crippen LogP contribution in [0.4, 0.5) is 0 Å². The van der Waals surface area contributed by atoms with Crippen molar-refractivity contribution in [2.24, 2.45) is 12.8 Å². The van der Waals surface area contributed by atoms with E-state index in [-0.39, 0.29) is 17.0 Å². The summed E-state index contributed by atoms with van der Waals surface area (Å²) in [4.78, 5) is 24.4. The molecule has 0 aliphatic carbocycles. The highest BCUT2D eigenvalue weighted by Crippen LogP contribution is 2.29. The van der Waals surface area contributed by atoms with Gasteiger partial charge in [-0.05, 0) is 38.5 Å². The van der Waals surface area contributed by atoms with Crippen molar-refractivity contribution in [1.82, 2.24) is 4.57 Å². The van der Waals surface area contributed by atoms with E-state index in [2.05, 4.69) is 0 Å². The predicted octanol–water partition coefficient (Wildman–Crippen LogP) is 2.80. The van der Waals surface area contributed by atoms with Gasteiger partial charge in [0.2, 0.25) is 5.56 Å². The van der Waals surface area contributed by atoms with Crippen molar-refractivity contribution in [3.05, 3.63) is 67.7 Å². The number of aromatic nitrogens is 1. The molecule has 0 bridgehead atoms. The van der Waals surface area contributed by atoms with Crippen molar-refractivity contribution < 1.29 is 4.42 Å². The van der Waals surface area contributed by atoms with Crippen LogP contribution in [-0.2, 0) is 7.05 Å². The number of aryl methyl sites for hydroxylation is 2. The van der Waals surface area contributed by atoms with Gasteiger partial charge in [-0.3, -0.25) is 9.59 Å². The fourth-order valence-electron chi connectivity index (χ4n) is 2.91. The Kier molecular flexibility index (Phi) is 3.89. The molecule has 0 radical (unpaired) electrons. The molecule has 5 nitrogen and oxygen atoms in total. The summed E-state index contributed by atoms with van der Waals surface area (Å²) in [5, 5.41) is 0.536. The lowest BCUT2D eigenvalue weighted by Gasteiger charge is -2.13. The third-order valence-corrected chi connectivity index (χ3v) is 4.23. The highest BCUT2D eigenvalue weighted by atomic mass is 16.3. The number of benzene rings is 1. The zero-order valence-electron chi connectivity index (χ0n) is 14.2. The summed E-state index contributed by atoms with van der Waals surface area (Å²) in [7, 11) is 1.66. The van der Waals surface area contributed by atoms with E-state index < -0.39 is 0 Å². The fourth-order valence-corrected chi connectivity index (χ4v) is 2.91. The number of hydrogen-bond acceptors (Lipinski definition) is 4. The molecule has 2 heterocycles. The van der Waals surface area contributed by atoms with Crippen molar-refractivity contribution in [2.75, 3.05) is 0 Å². The molecule has 0 amide bonds. The van der Waals surface area contributed by atoms with Crippen molar-refractivity contribution in [3.8, 4) is 11.3 Å². The van der Waals surface area contributed by atoms with E-state index in [0.717, 1.165) is 11.1 Å². The Bertz CT molecular complexity index is 1060. The van der Waals surface area contributed by atoms with Crippen LogP contribution in [0.25, 0.3) is 22.3 Å². The van der Waals surface area contributed by atoms with Gasteiger partial charge < -0.3 is 14.7 Å². The average molecular weight is 324 g/mol. The summed E-state index contributed by atoms with van der Waals surface area (Å²) in [6, 6.07) is 6.63. The third-order valence-electron chi connectivity index (χ3n) is 4.23. The van der Waals surface area contributed by atoms with E-state index in [1.54, 1.807) is 26.2 Å². The van der Waals surface area contributed by atoms with Gasteiger partial charge in [-0.2, -0.15) is 0 Å². The molecule has 0 fully saturated rings. The quantitative estimate of drug-likeness (QED) is 0.786. The molecule has 0 saturated carbocycles. The number of nitrogens with two attached hydrogens (primary N) is 1. The molecule has 1 atom stereocenters. The number of pyridine rings is 1. The van der Waals surface area contributed by atoms with Crippen LogP contribution in [0.2, 0.25) is 0 Å². The van der Waals surface area contributed by atoms with Crippen LogP contribution < -0.4 is 16.7 Å². The molecule has 0 aliphatic rings. The Morgan fingerprint density at radius 1 is 1.17 bits per heavy atom. The molecule has 5 heteroatoms. The minimum atomic E-state index is -0.258. The highest BCUT2D eigenvalue weighted by molar-refractivity contribution is 5.84. The average Bonchev–Trinajstić information content (AvgIpc) is 2.53. The highest BCUT2D eigenvalue weighted by Gasteiger charge is 2.17. The molecular weight excluding hydrogens is 304 g/mol. The van der Waals surface area contributed by atoms with E-state index in [4.69, 9.17) is 10.2 Å². The molecule has 3 aromatic rings. The van der Waals surface area contributed by atoms with Gasteiger partial charge in [0.15, 0.2) is 5.43 Å². The van der Waals surface area contributed by atoms with Crippen LogP contribution in [0.5, 0.6) is 0 Å². The summed E-state index contributed by atoms with van der Waals surface area (Å²) >= 11 is 0. The molecule has 24 heavy (non-hydrogen) atoms. The molecule has 0 spiro atoms. The minimum Gasteiger partial charge on any atom is -0.455 e. The Morgan fingerprint density at radius 2 is 1.88 bits per heavy atom. The zero-order valence-corrected chi connectivity index (χ0v) is 14.2. The Morgan fingerprint density at radius 3 is 2.50 bits per heavy atom. The van der Waals surface area contributed by atoms with Gasteiger partial charge in [-0.15, -0.1) is 0 Å². The number of rotatable bonds is 2. The van der Waals surface area contributed by atoms with Crippen molar-refractivity contribution in [2.45, 2.75) is 26.8 Å². The maximum Gasteiger partial charge on any atom is 0.250 e. The topological polar surface area (TPSA) is 78.2 Å². The van der Waals surface area contributed by atoms with Crippen LogP contribution in [0.1, 0.15) is 29.7 Å². The number of nitrogens with zero attached hydrogens (tertiary/aromatic N) is 1. The Hall–Kier alpha value is -2.66. The molecule has 0 saturated heterocycles. The lowest BCUT2D eigenvalue weighted by molar-refractivity contribution is 0.602. The van der Waals surface area contributed by atoms with Gasteiger partial charge in [0.05, 0.1) is 5.39 Å². The first-order chi connectivity index (χ1) is 11.3. The predicted molar refractivity (Wildman–Crippen MR) is 95.2 cm³/mol. The molecule has 0 aliphatic heterocycles. The molecule has 2 aromatic heterocycles. The number of hydrogen-bond donors (Lipinski definition) is 1. The third kappa shape index (κ3) is 2.57. The van der Waals surface area contributed by atoms with Gasteiger partial charge in [0.25, 0.3) is 0 Å². The van der Waals surface area contributed by atoms with E-state index in [0.29, 0.717) is 27.9 Å². The Balaban J connectivity index is 2.42. The van der Waals surface area contributed by atoms with E-state index in [1.807, 2.05) is 26.0 Å². The van der Waals surface area contributed by atoms with Crippen molar-refractivity contribution >= 4 is 11.0 Å². The van der Waals surface area contributed by atoms with Gasteiger partial charge in [0, 0.05) is 42.0 Å². The van der Waals surface area contributed by atoms with E-state index in [9.17, 15) is 9.59 Å². The normalized spacial score (nSPS) is 12.5. The van der Waals surface area contributed by atoms with Crippen LogP contribution in [0.3, 0.4) is 0 Å². The van der Waals surface area contributed by atoms with Crippen LogP contribution >= 0.6 is 0 Å². The monoisotopic (exact) mass is 324 g/mol. The van der Waals surface area contributed by atoms with E-state index >= 15 is 0 Å². The maximum atomic E-state index is 12.8. The van der Waals surface area contributed by atoms with Crippen molar-refractivity contribution in [1.29, 1.82) is 0 Å².